The van der Waals surface area contributed by atoms with Crippen LogP contribution in [0.3, 0.4) is 0 Å². The van der Waals surface area contributed by atoms with Gasteiger partial charge in [-0.3, -0.25) is 0 Å². The molecule has 0 aliphatic heterocycles. The molecule has 1 N–H and O–H groups in total. The van der Waals surface area contributed by atoms with Crippen LogP contribution in [0.25, 0.3) is 0 Å². The fourth-order valence-corrected chi connectivity index (χ4v) is 5.16. The van der Waals surface area contributed by atoms with Crippen molar-refractivity contribution in [2.75, 3.05) is 7.11 Å². The number of aliphatic hydroxyl groups is 1. The van der Waals surface area contributed by atoms with E-state index in [1.54, 1.807) is 31.4 Å². The van der Waals surface area contributed by atoms with Crippen molar-refractivity contribution in [3.8, 4) is 5.75 Å². The van der Waals surface area contributed by atoms with Crippen LogP contribution < -0.4 is 9.20 Å². The van der Waals surface area contributed by atoms with E-state index in [0.717, 1.165) is 0 Å². The average Bonchev–Trinajstić information content (AvgIpc) is 2.61. The van der Waals surface area contributed by atoms with Gasteiger partial charge in [0.1, 0.15) is 0 Å². The van der Waals surface area contributed by atoms with Gasteiger partial charge in [0.15, 0.2) is 0 Å². The molecule has 0 heterocycles. The molecule has 0 aliphatic carbocycles. The predicted octanol–water partition coefficient (Wildman–Crippen LogP) is 3.52. The van der Waals surface area contributed by atoms with E-state index in [4.69, 9.17) is 9.47 Å². The third-order valence-corrected chi connectivity index (χ3v) is 6.58. The number of carbonyl (C=O) groups excluding carboxylic acids is 1. The first kappa shape index (κ1) is 21.5. The molecule has 0 fully saturated rings. The van der Waals surface area contributed by atoms with Gasteiger partial charge < -0.3 is 0 Å². The Morgan fingerprint density at radius 1 is 1.04 bits per heavy atom. The summed E-state index contributed by atoms with van der Waals surface area (Å²) in [6.45, 7) is 7.53. The number of rotatable bonds is 7. The van der Waals surface area contributed by atoms with Crippen LogP contribution in [-0.2, 0) is 9.53 Å². The zero-order valence-corrected chi connectivity index (χ0v) is 18.2. The molecule has 0 aliphatic rings. The number of hydrogen-bond donors (Lipinski definition) is 1. The summed E-state index contributed by atoms with van der Waals surface area (Å²) in [5.74, 6) is -0.296. The second-order valence-corrected chi connectivity index (χ2v) is 10.5. The number of ether oxygens (including phenoxy) is 2. The first-order chi connectivity index (χ1) is 12.7. The summed E-state index contributed by atoms with van der Waals surface area (Å²) in [5.41, 5.74) is 0.0800. The van der Waals surface area contributed by atoms with Crippen molar-refractivity contribution in [2.45, 2.75) is 44.2 Å². The number of hydrogen-bond acceptors (Lipinski definition) is 4. The molecule has 0 saturated heterocycles. The zero-order valence-electron chi connectivity index (χ0n) is 16.5. The fraction of sp³-hybridized carbons (Fsp3) is 0.409. The summed E-state index contributed by atoms with van der Waals surface area (Å²) in [5, 5.41) is 11.0. The third kappa shape index (κ3) is 6.39. The van der Waals surface area contributed by atoms with Gasteiger partial charge in [0.2, 0.25) is 0 Å². The van der Waals surface area contributed by atoms with Gasteiger partial charge in [0.05, 0.1) is 0 Å². The molecule has 0 amide bonds. The Labute approximate surface area is 168 Å². The van der Waals surface area contributed by atoms with Gasteiger partial charge in [-0.15, -0.1) is 0 Å². The van der Waals surface area contributed by atoms with Crippen LogP contribution in [0.4, 0.5) is 0 Å². The van der Waals surface area contributed by atoms with Crippen molar-refractivity contribution in [2.24, 2.45) is 5.92 Å². The quantitative estimate of drug-likeness (QED) is 0.534. The molecule has 0 radical (unpaired) electrons. The Bertz CT molecular complexity index is 722. The number of methoxy groups -OCH3 is 1. The SMILES string of the molecule is COc1ccc([C@H](O)[C@@H](C(=O)OC(C)(C)C)[C@H](C)[Se]c2ccccc2)cc1. The van der Waals surface area contributed by atoms with E-state index >= 15 is 0 Å². The van der Waals surface area contributed by atoms with Crippen molar-refractivity contribution in [3.63, 3.8) is 0 Å². The van der Waals surface area contributed by atoms with Crippen LogP contribution in [0.2, 0.25) is 4.82 Å². The molecule has 0 aromatic heterocycles. The maximum absolute atomic E-state index is 12.9. The number of esters is 1. The standard InChI is InChI=1S/C22H28O4Se/c1-15(27-18-9-7-6-8-10-18)19(21(24)26-22(2,3)4)20(23)16-11-13-17(25-5)14-12-16/h6-15,19-20,23H,1-5H3/t15-,19-,20-/m0/s1. The first-order valence-corrected chi connectivity index (χ1v) is 10.8. The van der Waals surface area contributed by atoms with E-state index in [0.29, 0.717) is 11.3 Å². The number of carbonyl (C=O) groups is 1. The topological polar surface area (TPSA) is 55.8 Å². The second-order valence-electron chi connectivity index (χ2n) is 7.41. The van der Waals surface area contributed by atoms with E-state index < -0.39 is 17.6 Å². The average molecular weight is 435 g/mol. The van der Waals surface area contributed by atoms with Gasteiger partial charge in [-0.2, -0.15) is 0 Å². The van der Waals surface area contributed by atoms with Crippen LogP contribution in [0.15, 0.2) is 54.6 Å². The second kappa shape index (κ2) is 9.41. The third-order valence-electron chi connectivity index (χ3n) is 4.05. The van der Waals surface area contributed by atoms with Gasteiger partial charge in [-0.05, 0) is 0 Å². The Morgan fingerprint density at radius 3 is 2.15 bits per heavy atom. The molecule has 0 saturated carbocycles. The number of aliphatic hydroxyl groups excluding tert-OH is 1. The van der Waals surface area contributed by atoms with Gasteiger partial charge >= 0.3 is 168 Å². The van der Waals surface area contributed by atoms with E-state index in [-0.39, 0.29) is 25.7 Å². The monoisotopic (exact) mass is 436 g/mol. The molecule has 5 heteroatoms. The van der Waals surface area contributed by atoms with Crippen molar-refractivity contribution in [1.29, 1.82) is 0 Å². The summed E-state index contributed by atoms with van der Waals surface area (Å²) < 4.78 is 12.0. The summed E-state index contributed by atoms with van der Waals surface area (Å²) in [4.78, 5) is 12.9. The maximum atomic E-state index is 12.9. The molecular weight excluding hydrogens is 407 g/mol. The fourth-order valence-electron chi connectivity index (χ4n) is 2.74. The molecule has 3 atom stereocenters. The van der Waals surface area contributed by atoms with Crippen LogP contribution in [0.5, 0.6) is 5.75 Å². The van der Waals surface area contributed by atoms with Gasteiger partial charge in [0.25, 0.3) is 0 Å². The molecule has 0 unspecified atom stereocenters. The number of benzene rings is 2. The van der Waals surface area contributed by atoms with Crippen molar-refractivity contribution in [1.82, 2.24) is 0 Å². The normalized spacial score (nSPS) is 14.9. The first-order valence-electron chi connectivity index (χ1n) is 8.98. The van der Waals surface area contributed by atoms with E-state index in [1.807, 2.05) is 45.9 Å². The molecule has 0 bridgehead atoms. The summed E-state index contributed by atoms with van der Waals surface area (Å²) >= 11 is 0.0241. The zero-order chi connectivity index (χ0) is 20.0. The molecule has 27 heavy (non-hydrogen) atoms. The van der Waals surface area contributed by atoms with E-state index in [9.17, 15) is 9.90 Å². The van der Waals surface area contributed by atoms with E-state index in [1.165, 1.54) is 4.46 Å². The Balaban J connectivity index is 2.28. The van der Waals surface area contributed by atoms with Crippen molar-refractivity contribution < 1.29 is 19.4 Å². The van der Waals surface area contributed by atoms with Crippen LogP contribution in [-0.4, -0.2) is 38.7 Å². The van der Waals surface area contributed by atoms with Crippen LogP contribution in [0.1, 0.15) is 39.4 Å². The molecule has 146 valence electrons. The van der Waals surface area contributed by atoms with Crippen LogP contribution >= 0.6 is 0 Å². The minimum atomic E-state index is -0.939. The molecular formula is C22H28O4Se. The van der Waals surface area contributed by atoms with Crippen molar-refractivity contribution in [3.05, 3.63) is 60.2 Å². The van der Waals surface area contributed by atoms with E-state index in [2.05, 4.69) is 12.1 Å². The van der Waals surface area contributed by atoms with Crippen molar-refractivity contribution >= 4 is 25.4 Å². The Hall–Kier alpha value is -1.81. The van der Waals surface area contributed by atoms with Gasteiger partial charge in [0, 0.05) is 0 Å². The molecule has 0 spiro atoms. The van der Waals surface area contributed by atoms with Crippen LogP contribution in [0, 0.1) is 5.92 Å². The molecule has 2 aromatic rings. The Kier molecular flexibility index (Phi) is 7.49. The summed E-state index contributed by atoms with van der Waals surface area (Å²) in [7, 11) is 1.60. The summed E-state index contributed by atoms with van der Waals surface area (Å²) in [6.07, 6.45) is -0.939. The molecule has 4 nitrogen and oxygen atoms in total. The Morgan fingerprint density at radius 2 is 1.63 bits per heavy atom. The molecule has 2 rings (SSSR count). The van der Waals surface area contributed by atoms with Gasteiger partial charge in [-0.25, -0.2) is 0 Å². The minimum absolute atomic E-state index is 0.0241. The van der Waals surface area contributed by atoms with Gasteiger partial charge in [-0.1, -0.05) is 0 Å². The predicted molar refractivity (Wildman–Crippen MR) is 109 cm³/mol. The molecule has 2 aromatic carbocycles. The summed E-state index contributed by atoms with van der Waals surface area (Å²) in [6, 6.07) is 17.2.